The first kappa shape index (κ1) is 28.4. The van der Waals surface area contributed by atoms with Crippen molar-refractivity contribution in [2.45, 2.75) is 129 Å². The van der Waals surface area contributed by atoms with Crippen LogP contribution in [0.2, 0.25) is 0 Å². The van der Waals surface area contributed by atoms with Gasteiger partial charge in [-0.3, -0.25) is 9.08 Å². The molecule has 0 spiro atoms. The fourth-order valence-electron chi connectivity index (χ4n) is 8.24. The van der Waals surface area contributed by atoms with Gasteiger partial charge >= 0.3 is 6.09 Å². The molecule has 1 aromatic carbocycles. The predicted molar refractivity (Wildman–Crippen MR) is 147 cm³/mol. The molecule has 0 aliphatic heterocycles. The van der Waals surface area contributed by atoms with E-state index in [1.165, 1.54) is 19.3 Å². The van der Waals surface area contributed by atoms with Crippen LogP contribution in [0.15, 0.2) is 23.1 Å². The molecule has 0 saturated heterocycles. The topological polar surface area (TPSA) is 72.9 Å². The highest BCUT2D eigenvalue weighted by molar-refractivity contribution is 7.86. The Balaban J connectivity index is 1.74. The Hall–Kier alpha value is -1.60. The molecule has 4 aliphatic rings. The molecule has 0 radical (unpaired) electrons. The SMILES string of the molecule is CCCCCCOS(=O)(=O)c1ccc(C)c(N(C(=O)OC(C)(C)C)C23CC4CC(C)(CC(C)(C4)C2)C3)c1. The van der Waals surface area contributed by atoms with Crippen LogP contribution in [-0.2, 0) is 19.0 Å². The summed E-state index contributed by atoms with van der Waals surface area (Å²) in [6, 6.07) is 5.03. The van der Waals surface area contributed by atoms with Crippen LogP contribution in [0.1, 0.15) is 111 Å². The molecule has 2 unspecified atom stereocenters. The van der Waals surface area contributed by atoms with Gasteiger partial charge in [0.15, 0.2) is 0 Å². The van der Waals surface area contributed by atoms with Crippen molar-refractivity contribution >= 4 is 21.9 Å². The van der Waals surface area contributed by atoms with E-state index in [0.717, 1.165) is 44.1 Å². The van der Waals surface area contributed by atoms with Crippen LogP contribution >= 0.6 is 0 Å². The molecule has 0 N–H and O–H groups in total. The van der Waals surface area contributed by atoms with E-state index in [0.29, 0.717) is 18.0 Å². The predicted octanol–water partition coefficient (Wildman–Crippen LogP) is 7.77. The molecule has 4 fully saturated rings. The van der Waals surface area contributed by atoms with Gasteiger partial charge in [0.25, 0.3) is 10.1 Å². The summed E-state index contributed by atoms with van der Waals surface area (Å²) in [6.45, 7) is 14.6. The van der Waals surface area contributed by atoms with Gasteiger partial charge in [-0.15, -0.1) is 0 Å². The number of hydrogen-bond donors (Lipinski definition) is 0. The van der Waals surface area contributed by atoms with Crippen molar-refractivity contribution in [1.29, 1.82) is 0 Å². The Morgan fingerprint density at radius 2 is 1.68 bits per heavy atom. The Morgan fingerprint density at radius 3 is 2.24 bits per heavy atom. The number of hydrogen-bond acceptors (Lipinski definition) is 5. The van der Waals surface area contributed by atoms with Crippen LogP contribution in [0.3, 0.4) is 0 Å². The monoisotopic (exact) mass is 533 g/mol. The molecule has 4 aliphatic carbocycles. The average Bonchev–Trinajstić information content (AvgIpc) is 2.71. The van der Waals surface area contributed by atoms with Gasteiger partial charge in [0.2, 0.25) is 0 Å². The summed E-state index contributed by atoms with van der Waals surface area (Å²) in [6.07, 6.45) is 9.74. The van der Waals surface area contributed by atoms with Crippen molar-refractivity contribution in [1.82, 2.24) is 0 Å². The van der Waals surface area contributed by atoms with Crippen LogP contribution in [0.5, 0.6) is 0 Å². The number of nitrogens with zero attached hydrogens (tertiary/aromatic N) is 1. The minimum atomic E-state index is -3.94. The van der Waals surface area contributed by atoms with Crippen molar-refractivity contribution in [3.63, 3.8) is 0 Å². The van der Waals surface area contributed by atoms with Crippen molar-refractivity contribution < 1.29 is 22.1 Å². The first-order valence-electron chi connectivity index (χ1n) is 14.1. The maximum Gasteiger partial charge on any atom is 0.415 e. The highest BCUT2D eigenvalue weighted by atomic mass is 32.2. The molecule has 7 heteroatoms. The molecule has 37 heavy (non-hydrogen) atoms. The zero-order valence-corrected chi connectivity index (χ0v) is 24.8. The van der Waals surface area contributed by atoms with Gasteiger partial charge in [-0.25, -0.2) is 4.79 Å². The molecular formula is C30H47NO5S. The highest BCUT2D eigenvalue weighted by Gasteiger charge is 2.63. The van der Waals surface area contributed by atoms with Crippen LogP contribution < -0.4 is 4.90 Å². The number of anilines is 1. The summed E-state index contributed by atoms with van der Waals surface area (Å²) >= 11 is 0. The van der Waals surface area contributed by atoms with Gasteiger partial charge in [0.05, 0.1) is 22.7 Å². The third-order valence-corrected chi connectivity index (χ3v) is 9.90. The summed E-state index contributed by atoms with van der Waals surface area (Å²) < 4.78 is 37.7. The van der Waals surface area contributed by atoms with Gasteiger partial charge in [-0.1, -0.05) is 46.1 Å². The fraction of sp³-hybridized carbons (Fsp3) is 0.767. The molecule has 1 amide bonds. The number of ether oxygens (including phenoxy) is 1. The standard InChI is InChI=1S/C30H47NO5S/c1-8-9-10-11-14-35-37(33,34)24-13-12-22(2)25(15-24)31(26(32)36-27(3,4)5)30-18-23-16-28(6,20-30)19-29(7,17-23)21-30/h12-13,15,23H,8-11,14,16-21H2,1-7H3. The van der Waals surface area contributed by atoms with Crippen LogP contribution in [-0.4, -0.2) is 32.3 Å². The van der Waals surface area contributed by atoms with Crippen molar-refractivity contribution in [3.05, 3.63) is 23.8 Å². The van der Waals surface area contributed by atoms with E-state index in [2.05, 4.69) is 20.8 Å². The number of unbranched alkanes of at least 4 members (excludes halogenated alkanes) is 3. The van der Waals surface area contributed by atoms with E-state index in [-0.39, 0.29) is 34.0 Å². The van der Waals surface area contributed by atoms with Gasteiger partial charge in [-0.2, -0.15) is 8.42 Å². The Morgan fingerprint density at radius 1 is 1.03 bits per heavy atom. The Labute approximate surface area is 224 Å². The molecule has 0 aromatic heterocycles. The van der Waals surface area contributed by atoms with E-state index in [1.807, 2.05) is 32.6 Å². The van der Waals surface area contributed by atoms with Crippen molar-refractivity contribution in [3.8, 4) is 0 Å². The lowest BCUT2D eigenvalue weighted by atomic mass is 9.42. The molecular weight excluding hydrogens is 486 g/mol. The van der Waals surface area contributed by atoms with E-state index in [1.54, 1.807) is 18.2 Å². The molecule has 1 aromatic rings. The third kappa shape index (κ3) is 6.03. The van der Waals surface area contributed by atoms with Crippen LogP contribution in [0, 0.1) is 23.7 Å². The summed E-state index contributed by atoms with van der Waals surface area (Å²) in [5, 5.41) is 0. The minimum Gasteiger partial charge on any atom is -0.443 e. The summed E-state index contributed by atoms with van der Waals surface area (Å²) in [5.41, 5.74) is 0.781. The van der Waals surface area contributed by atoms with E-state index < -0.39 is 15.7 Å². The first-order valence-corrected chi connectivity index (χ1v) is 15.5. The number of carbonyl (C=O) groups is 1. The number of benzene rings is 1. The molecule has 4 saturated carbocycles. The smallest absolute Gasteiger partial charge is 0.415 e. The lowest BCUT2D eigenvalue weighted by Gasteiger charge is -2.67. The molecule has 6 nitrogen and oxygen atoms in total. The summed E-state index contributed by atoms with van der Waals surface area (Å²) in [5.74, 6) is 0.565. The highest BCUT2D eigenvalue weighted by Crippen LogP contribution is 2.68. The summed E-state index contributed by atoms with van der Waals surface area (Å²) in [7, 11) is -3.94. The lowest BCUT2D eigenvalue weighted by molar-refractivity contribution is -0.107. The second-order valence-corrected chi connectivity index (χ2v) is 15.6. The minimum absolute atomic E-state index is 0.0966. The van der Waals surface area contributed by atoms with Crippen molar-refractivity contribution in [2.24, 2.45) is 16.7 Å². The molecule has 4 bridgehead atoms. The van der Waals surface area contributed by atoms with Crippen molar-refractivity contribution in [2.75, 3.05) is 11.5 Å². The van der Waals surface area contributed by atoms with E-state index in [9.17, 15) is 13.2 Å². The first-order chi connectivity index (χ1) is 17.1. The van der Waals surface area contributed by atoms with Crippen LogP contribution in [0.4, 0.5) is 10.5 Å². The Kier molecular flexibility index (Phi) is 7.57. The maximum absolute atomic E-state index is 14.0. The lowest BCUT2D eigenvalue weighted by Crippen LogP contribution is -2.67. The number of rotatable bonds is 9. The van der Waals surface area contributed by atoms with Gasteiger partial charge in [0, 0.05) is 0 Å². The van der Waals surface area contributed by atoms with Gasteiger partial charge < -0.3 is 4.74 Å². The number of carbonyl (C=O) groups excluding carboxylic acids is 1. The van der Waals surface area contributed by atoms with Gasteiger partial charge in [0.1, 0.15) is 5.60 Å². The van der Waals surface area contributed by atoms with E-state index in [4.69, 9.17) is 8.92 Å². The number of aryl methyl sites for hydroxylation is 1. The Bertz CT molecular complexity index is 1100. The normalized spacial score (nSPS) is 30.9. The zero-order valence-electron chi connectivity index (χ0n) is 24.0. The largest absolute Gasteiger partial charge is 0.443 e. The third-order valence-electron chi connectivity index (χ3n) is 8.59. The average molecular weight is 534 g/mol. The molecule has 2 atom stereocenters. The van der Waals surface area contributed by atoms with Crippen LogP contribution in [0.25, 0.3) is 0 Å². The quantitative estimate of drug-likeness (QED) is 0.239. The molecule has 5 rings (SSSR count). The maximum atomic E-state index is 14.0. The molecule has 208 valence electrons. The number of amides is 1. The fourth-order valence-corrected chi connectivity index (χ4v) is 9.21. The zero-order chi connectivity index (χ0) is 27.3. The van der Waals surface area contributed by atoms with E-state index >= 15 is 0 Å². The second kappa shape index (κ2) is 9.86. The second-order valence-electron chi connectivity index (χ2n) is 14.0. The van der Waals surface area contributed by atoms with Gasteiger partial charge in [-0.05, 0) is 107 Å². The molecule has 0 heterocycles. The summed E-state index contributed by atoms with van der Waals surface area (Å²) in [4.78, 5) is 15.9.